The zero-order valence-corrected chi connectivity index (χ0v) is 20.8. The van der Waals surface area contributed by atoms with Crippen LogP contribution in [0.1, 0.15) is 22.3 Å². The lowest BCUT2D eigenvalue weighted by atomic mass is 10.1. The summed E-state index contributed by atoms with van der Waals surface area (Å²) in [4.78, 5) is 0. The molecule has 0 fully saturated rings. The highest BCUT2D eigenvalue weighted by atomic mass is 35.5. The summed E-state index contributed by atoms with van der Waals surface area (Å²) in [5.74, 6) is 0. The summed E-state index contributed by atoms with van der Waals surface area (Å²) < 4.78 is 0. The molecule has 0 saturated carbocycles. The van der Waals surface area contributed by atoms with Gasteiger partial charge in [0.15, 0.2) is 8.80 Å². The van der Waals surface area contributed by atoms with Crippen molar-refractivity contribution in [3.63, 3.8) is 0 Å². The molecule has 0 spiro atoms. The molecule has 3 heteroatoms. The van der Waals surface area contributed by atoms with Crippen molar-refractivity contribution in [2.75, 3.05) is 0 Å². The fourth-order valence-electron chi connectivity index (χ4n) is 3.68. The van der Waals surface area contributed by atoms with Gasteiger partial charge in [-0.15, -0.1) is 0 Å². The van der Waals surface area contributed by atoms with E-state index in [2.05, 4.69) is 89.8 Å². The van der Waals surface area contributed by atoms with Gasteiger partial charge in [0.2, 0.25) is 0 Å². The van der Waals surface area contributed by atoms with Crippen molar-refractivity contribution < 1.29 is 0 Å². The molecule has 0 aromatic heterocycles. The van der Waals surface area contributed by atoms with Crippen LogP contribution in [0.4, 0.5) is 0 Å². The van der Waals surface area contributed by atoms with Crippen LogP contribution in [0.5, 0.6) is 0 Å². The lowest BCUT2D eigenvalue weighted by molar-refractivity contribution is 1.28. The molecule has 0 saturated heterocycles. The quantitative estimate of drug-likeness (QED) is 0.425. The van der Waals surface area contributed by atoms with Crippen LogP contribution in [0.25, 0.3) is 0 Å². The molecule has 0 N–H and O–H groups in total. The van der Waals surface area contributed by atoms with Crippen LogP contribution in [0.3, 0.4) is 0 Å². The van der Waals surface area contributed by atoms with E-state index in [4.69, 9.17) is 11.6 Å². The number of aryl methyl sites for hydroxylation is 3. The Labute approximate surface area is 178 Å². The van der Waals surface area contributed by atoms with E-state index in [1.807, 2.05) is 12.1 Å². The largest absolute Gasteiger partial charge is 0.156 e. The topological polar surface area (TPSA) is 0 Å². The highest BCUT2D eigenvalue weighted by Crippen LogP contribution is 2.13. The van der Waals surface area contributed by atoms with Crippen molar-refractivity contribution in [1.82, 2.24) is 0 Å². The number of halogens is 1. The van der Waals surface area contributed by atoms with Crippen molar-refractivity contribution in [3.8, 4) is 0 Å². The standard InChI is InChI=1S/C25H30ClSi2/c1-17-12-21(16-23(13-17)28(5,6)7)27(25-11-9-8-10-24(25)26)22-14-18(2)20(4)19(3)15-22/h8-16H,1-7H3. The van der Waals surface area contributed by atoms with Gasteiger partial charge in [-0.25, -0.2) is 0 Å². The minimum atomic E-state index is -1.40. The summed E-state index contributed by atoms with van der Waals surface area (Å²) in [6.07, 6.45) is 0. The second kappa shape index (κ2) is 8.02. The average molecular weight is 422 g/mol. The zero-order chi connectivity index (χ0) is 20.6. The van der Waals surface area contributed by atoms with Crippen LogP contribution in [-0.4, -0.2) is 16.9 Å². The molecule has 3 aromatic carbocycles. The first-order valence-electron chi connectivity index (χ1n) is 9.90. The van der Waals surface area contributed by atoms with Gasteiger partial charge in [-0.05, 0) is 55.6 Å². The molecule has 3 aromatic rings. The maximum absolute atomic E-state index is 6.73. The Morgan fingerprint density at radius 3 is 1.89 bits per heavy atom. The highest BCUT2D eigenvalue weighted by molar-refractivity contribution is 6.97. The maximum atomic E-state index is 6.73. The van der Waals surface area contributed by atoms with E-state index in [1.165, 1.54) is 43.0 Å². The van der Waals surface area contributed by atoms with Crippen LogP contribution in [-0.2, 0) is 0 Å². The maximum Gasteiger partial charge on any atom is 0.156 e. The van der Waals surface area contributed by atoms with Crippen molar-refractivity contribution in [1.29, 1.82) is 0 Å². The molecule has 145 valence electrons. The van der Waals surface area contributed by atoms with Gasteiger partial charge in [-0.3, -0.25) is 0 Å². The average Bonchev–Trinajstić information content (AvgIpc) is 2.60. The van der Waals surface area contributed by atoms with Gasteiger partial charge in [0.25, 0.3) is 0 Å². The summed E-state index contributed by atoms with van der Waals surface area (Å²) >= 11 is 6.73. The molecule has 0 aliphatic heterocycles. The first-order valence-corrected chi connectivity index (χ1v) is 15.3. The third kappa shape index (κ3) is 4.35. The number of hydrogen-bond acceptors (Lipinski definition) is 0. The van der Waals surface area contributed by atoms with Gasteiger partial charge < -0.3 is 0 Å². The van der Waals surface area contributed by atoms with E-state index < -0.39 is 16.9 Å². The van der Waals surface area contributed by atoms with Crippen molar-refractivity contribution in [2.45, 2.75) is 47.3 Å². The second-order valence-electron chi connectivity index (χ2n) is 8.93. The Morgan fingerprint density at radius 1 is 0.750 bits per heavy atom. The summed E-state index contributed by atoms with van der Waals surface area (Å²) in [6.45, 7) is 16.2. The molecule has 0 aliphatic carbocycles. The molecule has 0 bridgehead atoms. The summed E-state index contributed by atoms with van der Waals surface area (Å²) in [6, 6.07) is 20.4. The Kier molecular flexibility index (Phi) is 6.04. The SMILES string of the molecule is Cc1cc([Si](c2cc(C)c(C)c(C)c2)c2ccccc2Cl)cc([Si](C)(C)C)c1. The van der Waals surface area contributed by atoms with E-state index in [1.54, 1.807) is 0 Å². The molecule has 0 heterocycles. The van der Waals surface area contributed by atoms with E-state index in [0.717, 1.165) is 5.02 Å². The Hall–Kier alpha value is -1.62. The Bertz CT molecular complexity index is 992. The first kappa shape index (κ1) is 21.1. The van der Waals surface area contributed by atoms with E-state index in [9.17, 15) is 0 Å². The monoisotopic (exact) mass is 421 g/mol. The molecule has 0 amide bonds. The number of rotatable bonds is 4. The molecule has 0 unspecified atom stereocenters. The summed E-state index contributed by atoms with van der Waals surface area (Å²) in [5.41, 5.74) is 5.46. The minimum Gasteiger partial charge on any atom is -0.0845 e. The highest BCUT2D eigenvalue weighted by Gasteiger charge is 2.25. The predicted octanol–water partition coefficient (Wildman–Crippen LogP) is 4.64. The van der Waals surface area contributed by atoms with Gasteiger partial charge in [-0.1, -0.05) is 101 Å². The fraction of sp³-hybridized carbons (Fsp3) is 0.280. The third-order valence-electron chi connectivity index (χ3n) is 5.59. The molecule has 0 aliphatic rings. The van der Waals surface area contributed by atoms with Crippen molar-refractivity contribution in [2.24, 2.45) is 0 Å². The van der Waals surface area contributed by atoms with E-state index in [0.29, 0.717) is 0 Å². The third-order valence-corrected chi connectivity index (χ3v) is 10.8. The van der Waals surface area contributed by atoms with Crippen molar-refractivity contribution >= 4 is 49.2 Å². The normalized spacial score (nSPS) is 11.9. The van der Waals surface area contributed by atoms with Crippen LogP contribution >= 0.6 is 11.6 Å². The molecule has 1 radical (unpaired) electrons. The Balaban J connectivity index is 2.30. The van der Waals surface area contributed by atoms with Gasteiger partial charge in [-0.2, -0.15) is 0 Å². The van der Waals surface area contributed by atoms with Crippen LogP contribution in [0.15, 0.2) is 54.6 Å². The van der Waals surface area contributed by atoms with Crippen LogP contribution < -0.4 is 20.7 Å². The molecule has 0 nitrogen and oxygen atoms in total. The molecule has 3 rings (SSSR count). The van der Waals surface area contributed by atoms with Crippen LogP contribution in [0, 0.1) is 27.7 Å². The Morgan fingerprint density at radius 2 is 1.32 bits per heavy atom. The van der Waals surface area contributed by atoms with Crippen molar-refractivity contribution in [3.05, 3.63) is 81.9 Å². The molecule has 0 atom stereocenters. The predicted molar refractivity (Wildman–Crippen MR) is 131 cm³/mol. The first-order chi connectivity index (χ1) is 13.1. The van der Waals surface area contributed by atoms with Crippen LogP contribution in [0.2, 0.25) is 24.7 Å². The molecular weight excluding hydrogens is 392 g/mol. The number of benzene rings is 3. The smallest absolute Gasteiger partial charge is 0.0845 e. The lowest BCUT2D eigenvalue weighted by Gasteiger charge is -2.24. The molecular formula is C25H30ClSi2. The van der Waals surface area contributed by atoms with E-state index >= 15 is 0 Å². The number of hydrogen-bond donors (Lipinski definition) is 0. The minimum absolute atomic E-state index is 0.878. The second-order valence-corrected chi connectivity index (χ2v) is 16.9. The summed E-state index contributed by atoms with van der Waals surface area (Å²) in [5, 5.41) is 6.55. The lowest BCUT2D eigenvalue weighted by Crippen LogP contribution is -2.54. The van der Waals surface area contributed by atoms with Gasteiger partial charge in [0.05, 0.1) is 8.07 Å². The van der Waals surface area contributed by atoms with Gasteiger partial charge in [0.1, 0.15) is 0 Å². The fourth-order valence-corrected chi connectivity index (χ4v) is 8.43. The summed E-state index contributed by atoms with van der Waals surface area (Å²) in [7, 11) is -2.59. The van der Waals surface area contributed by atoms with E-state index in [-0.39, 0.29) is 0 Å². The van der Waals surface area contributed by atoms with Gasteiger partial charge >= 0.3 is 0 Å². The van der Waals surface area contributed by atoms with Gasteiger partial charge in [0, 0.05) is 5.02 Å². The molecule has 28 heavy (non-hydrogen) atoms. The zero-order valence-electron chi connectivity index (χ0n) is 18.1.